The molecule has 4 aromatic rings. The van der Waals surface area contributed by atoms with Crippen LogP contribution in [0.2, 0.25) is 0 Å². The Labute approximate surface area is 159 Å². The second kappa shape index (κ2) is 7.72. The molecule has 0 amide bonds. The van der Waals surface area contributed by atoms with Crippen molar-refractivity contribution < 1.29 is 9.26 Å². The minimum atomic E-state index is 0.530. The number of ether oxygens (including phenoxy) is 1. The minimum Gasteiger partial charge on any atom is -0.496 e. The molecule has 0 fully saturated rings. The van der Waals surface area contributed by atoms with Crippen LogP contribution in [-0.4, -0.2) is 22.2 Å². The van der Waals surface area contributed by atoms with Gasteiger partial charge in [0.1, 0.15) is 5.75 Å². The molecular weight excluding hydrogens is 366 g/mol. The number of para-hydroxylation sites is 1. The molecule has 26 heavy (non-hydrogen) atoms. The van der Waals surface area contributed by atoms with Gasteiger partial charge in [-0.1, -0.05) is 59.4 Å². The van der Waals surface area contributed by atoms with Gasteiger partial charge in [0.15, 0.2) is 4.34 Å². The highest BCUT2D eigenvalue weighted by atomic mass is 32.2. The quantitative estimate of drug-likeness (QED) is 0.430. The third kappa shape index (κ3) is 3.63. The lowest BCUT2D eigenvalue weighted by Gasteiger charge is -2.02. The largest absolute Gasteiger partial charge is 0.496 e. The molecule has 0 N–H and O–H groups in total. The van der Waals surface area contributed by atoms with E-state index in [4.69, 9.17) is 9.26 Å². The normalized spacial score (nSPS) is 10.8. The van der Waals surface area contributed by atoms with Gasteiger partial charge in [0.25, 0.3) is 0 Å². The van der Waals surface area contributed by atoms with Gasteiger partial charge >= 0.3 is 0 Å². The highest BCUT2D eigenvalue weighted by Crippen LogP contribution is 2.31. The highest BCUT2D eigenvalue weighted by Gasteiger charge is 2.14. The molecule has 0 aliphatic heterocycles. The van der Waals surface area contributed by atoms with Crippen molar-refractivity contribution in [2.24, 2.45) is 0 Å². The van der Waals surface area contributed by atoms with Crippen LogP contribution in [0.15, 0.2) is 68.8 Å². The van der Waals surface area contributed by atoms with Crippen molar-refractivity contribution in [3.8, 4) is 28.4 Å². The molecule has 5 nitrogen and oxygen atoms in total. The predicted molar refractivity (Wildman–Crippen MR) is 103 cm³/mol. The zero-order valence-corrected chi connectivity index (χ0v) is 15.6. The zero-order chi connectivity index (χ0) is 17.8. The molecule has 0 saturated heterocycles. The molecule has 0 unspecified atom stereocenters. The number of methoxy groups -OCH3 is 1. The van der Waals surface area contributed by atoms with Crippen molar-refractivity contribution in [1.29, 1.82) is 0 Å². The summed E-state index contributed by atoms with van der Waals surface area (Å²) < 4.78 is 11.7. The maximum absolute atomic E-state index is 5.37. The predicted octanol–water partition coefficient (Wildman–Crippen LogP) is 5.16. The van der Waals surface area contributed by atoms with E-state index in [2.05, 4.69) is 32.6 Å². The lowest BCUT2D eigenvalue weighted by atomic mass is 10.2. The molecule has 0 spiro atoms. The highest BCUT2D eigenvalue weighted by molar-refractivity contribution is 8.00. The van der Waals surface area contributed by atoms with Crippen LogP contribution in [0.3, 0.4) is 0 Å². The number of benzene rings is 2. The van der Waals surface area contributed by atoms with Gasteiger partial charge in [-0.05, 0) is 12.1 Å². The molecule has 0 bridgehead atoms. The van der Waals surface area contributed by atoms with Crippen LogP contribution in [0.25, 0.3) is 22.6 Å². The summed E-state index contributed by atoms with van der Waals surface area (Å²) in [6, 6.07) is 17.8. The fourth-order valence-electron chi connectivity index (χ4n) is 2.44. The van der Waals surface area contributed by atoms with Gasteiger partial charge in [0, 0.05) is 10.9 Å². The summed E-state index contributed by atoms with van der Waals surface area (Å²) in [7, 11) is 1.63. The van der Waals surface area contributed by atoms with Crippen LogP contribution >= 0.6 is 23.1 Å². The van der Waals surface area contributed by atoms with Crippen LogP contribution < -0.4 is 4.74 Å². The molecule has 0 aliphatic carbocycles. The van der Waals surface area contributed by atoms with Crippen LogP contribution in [-0.2, 0) is 5.75 Å². The van der Waals surface area contributed by atoms with Crippen molar-refractivity contribution in [2.45, 2.75) is 10.1 Å². The minimum absolute atomic E-state index is 0.530. The topological polar surface area (TPSA) is 61.0 Å². The Morgan fingerprint density at radius 3 is 2.69 bits per heavy atom. The maximum Gasteiger partial charge on any atom is 0.237 e. The molecule has 0 aliphatic rings. The summed E-state index contributed by atoms with van der Waals surface area (Å²) in [6.45, 7) is 0. The Balaban J connectivity index is 1.45. The van der Waals surface area contributed by atoms with E-state index >= 15 is 0 Å². The van der Waals surface area contributed by atoms with Gasteiger partial charge < -0.3 is 9.26 Å². The van der Waals surface area contributed by atoms with Crippen LogP contribution in [0.5, 0.6) is 5.75 Å². The number of hydrogen-bond donors (Lipinski definition) is 0. The van der Waals surface area contributed by atoms with Crippen LogP contribution in [0.4, 0.5) is 0 Å². The second-order valence-electron chi connectivity index (χ2n) is 5.37. The average Bonchev–Trinajstić information content (AvgIpc) is 3.36. The van der Waals surface area contributed by atoms with E-state index in [1.54, 1.807) is 30.2 Å². The van der Waals surface area contributed by atoms with Crippen molar-refractivity contribution >= 4 is 23.1 Å². The first-order chi connectivity index (χ1) is 12.8. The molecule has 130 valence electrons. The van der Waals surface area contributed by atoms with E-state index in [-0.39, 0.29) is 0 Å². The van der Waals surface area contributed by atoms with E-state index < -0.39 is 0 Å². The van der Waals surface area contributed by atoms with Crippen molar-refractivity contribution in [1.82, 2.24) is 15.1 Å². The van der Waals surface area contributed by atoms with Gasteiger partial charge in [-0.3, -0.25) is 0 Å². The molecule has 2 aromatic carbocycles. The Morgan fingerprint density at radius 2 is 1.85 bits per heavy atom. The van der Waals surface area contributed by atoms with Gasteiger partial charge in [0.05, 0.1) is 24.1 Å². The molecule has 2 heterocycles. The van der Waals surface area contributed by atoms with E-state index in [1.807, 2.05) is 42.5 Å². The third-order valence-corrected chi connectivity index (χ3v) is 5.69. The fraction of sp³-hybridized carbons (Fsp3) is 0.105. The molecule has 0 atom stereocenters. The van der Waals surface area contributed by atoms with E-state index in [0.29, 0.717) is 17.5 Å². The summed E-state index contributed by atoms with van der Waals surface area (Å²) in [5.74, 6) is 2.39. The summed E-state index contributed by atoms with van der Waals surface area (Å²) in [4.78, 5) is 9.13. The molecule has 4 rings (SSSR count). The maximum atomic E-state index is 5.37. The van der Waals surface area contributed by atoms with E-state index in [0.717, 1.165) is 26.9 Å². The fourth-order valence-corrected chi connectivity index (χ4v) is 4.11. The Hall–Kier alpha value is -2.64. The summed E-state index contributed by atoms with van der Waals surface area (Å²) >= 11 is 3.20. The zero-order valence-electron chi connectivity index (χ0n) is 14.0. The third-order valence-electron chi connectivity index (χ3n) is 3.69. The first-order valence-corrected chi connectivity index (χ1v) is 9.80. The lowest BCUT2D eigenvalue weighted by Crippen LogP contribution is -1.89. The van der Waals surface area contributed by atoms with Crippen molar-refractivity contribution in [3.63, 3.8) is 0 Å². The molecule has 0 saturated carbocycles. The smallest absolute Gasteiger partial charge is 0.237 e. The Kier molecular flexibility index (Phi) is 4.99. The van der Waals surface area contributed by atoms with Gasteiger partial charge in [-0.25, -0.2) is 4.98 Å². The van der Waals surface area contributed by atoms with E-state index in [9.17, 15) is 0 Å². The second-order valence-corrected chi connectivity index (χ2v) is 7.45. The number of hydrogen-bond acceptors (Lipinski definition) is 7. The van der Waals surface area contributed by atoms with Gasteiger partial charge in [0.2, 0.25) is 11.7 Å². The standard InChI is InChI=1S/C19H15N3O2S2/c1-23-16-10-6-5-9-14(16)18-21-17(24-22-18)12-26-19-20-15(11-25-19)13-7-3-2-4-8-13/h2-11H,12H2,1H3. The number of aromatic nitrogens is 3. The number of rotatable bonds is 6. The first kappa shape index (κ1) is 16.8. The molecule has 0 radical (unpaired) electrons. The molecular formula is C19H15N3O2S2. The molecule has 7 heteroatoms. The van der Waals surface area contributed by atoms with Gasteiger partial charge in [-0.15, -0.1) is 11.3 Å². The number of thioether (sulfide) groups is 1. The Bertz CT molecular complexity index is 999. The Morgan fingerprint density at radius 1 is 1.04 bits per heavy atom. The van der Waals surface area contributed by atoms with Gasteiger partial charge in [-0.2, -0.15) is 4.98 Å². The lowest BCUT2D eigenvalue weighted by molar-refractivity contribution is 0.390. The number of nitrogens with zero attached hydrogens (tertiary/aromatic N) is 3. The average molecular weight is 381 g/mol. The number of thiazole rings is 1. The molecule has 2 aromatic heterocycles. The SMILES string of the molecule is COc1ccccc1-c1noc(CSc2nc(-c3ccccc3)cs2)n1. The summed E-state index contributed by atoms with van der Waals surface area (Å²) in [6.07, 6.45) is 0. The first-order valence-electron chi connectivity index (χ1n) is 7.93. The van der Waals surface area contributed by atoms with E-state index in [1.165, 1.54) is 0 Å². The summed E-state index contributed by atoms with van der Waals surface area (Å²) in [5.41, 5.74) is 2.92. The monoisotopic (exact) mass is 381 g/mol. The van der Waals surface area contributed by atoms with Crippen LogP contribution in [0.1, 0.15) is 5.89 Å². The van der Waals surface area contributed by atoms with Crippen LogP contribution in [0, 0.1) is 0 Å². The van der Waals surface area contributed by atoms with Crippen molar-refractivity contribution in [2.75, 3.05) is 7.11 Å². The van der Waals surface area contributed by atoms with Crippen molar-refractivity contribution in [3.05, 3.63) is 65.9 Å². The summed E-state index contributed by atoms with van der Waals surface area (Å²) in [5, 5.41) is 6.12.